The topological polar surface area (TPSA) is 26.0 Å². The summed E-state index contributed by atoms with van der Waals surface area (Å²) in [5.74, 6) is 1.28. The molecular weight excluding hydrogens is 162 g/mol. The number of allylic oxidation sites excluding steroid dienone is 3. The van der Waals surface area contributed by atoms with Gasteiger partial charge in [0.25, 0.3) is 0 Å². The van der Waals surface area contributed by atoms with Gasteiger partial charge in [-0.15, -0.1) is 0 Å². The Morgan fingerprint density at radius 2 is 2.23 bits per heavy atom. The number of nitrogens with zero attached hydrogens (tertiary/aromatic N) is 1. The van der Waals surface area contributed by atoms with Crippen LogP contribution in [0.5, 0.6) is 0 Å². The molecule has 1 heterocycles. The second-order valence-corrected chi connectivity index (χ2v) is 3.12. The first-order valence-electron chi connectivity index (χ1n) is 4.46. The first kappa shape index (κ1) is 9.78. The van der Waals surface area contributed by atoms with E-state index in [1.165, 1.54) is 0 Å². The molecule has 2 heteroatoms. The van der Waals surface area contributed by atoms with Crippen LogP contribution in [0.3, 0.4) is 0 Å². The SMILES string of the molecule is C/C=C\C(C)/C=C\c1oncc1C. The molecule has 0 spiro atoms. The average Bonchev–Trinajstić information content (AvgIpc) is 2.48. The van der Waals surface area contributed by atoms with Gasteiger partial charge in [0, 0.05) is 5.56 Å². The van der Waals surface area contributed by atoms with Gasteiger partial charge in [-0.3, -0.25) is 0 Å². The first-order chi connectivity index (χ1) is 6.24. The number of aryl methyl sites for hydroxylation is 1. The average molecular weight is 177 g/mol. The highest BCUT2D eigenvalue weighted by Crippen LogP contribution is 2.10. The Hall–Kier alpha value is -1.31. The highest BCUT2D eigenvalue weighted by Gasteiger charge is 1.98. The molecule has 0 bridgehead atoms. The molecule has 0 saturated heterocycles. The van der Waals surface area contributed by atoms with Crippen molar-refractivity contribution in [2.24, 2.45) is 5.92 Å². The zero-order valence-corrected chi connectivity index (χ0v) is 8.32. The lowest BCUT2D eigenvalue weighted by molar-refractivity contribution is 0.412. The second-order valence-electron chi connectivity index (χ2n) is 3.12. The molecule has 0 amide bonds. The number of hydrogen-bond acceptors (Lipinski definition) is 2. The Kier molecular flexibility index (Phi) is 3.50. The third-order valence-corrected chi connectivity index (χ3v) is 1.83. The van der Waals surface area contributed by atoms with Crippen molar-refractivity contribution in [3.63, 3.8) is 0 Å². The summed E-state index contributed by atoms with van der Waals surface area (Å²) in [7, 11) is 0. The fourth-order valence-electron chi connectivity index (χ4n) is 1.07. The lowest BCUT2D eigenvalue weighted by Crippen LogP contribution is -1.81. The van der Waals surface area contributed by atoms with E-state index in [9.17, 15) is 0 Å². The van der Waals surface area contributed by atoms with E-state index in [2.05, 4.69) is 24.2 Å². The monoisotopic (exact) mass is 177 g/mol. The predicted molar refractivity (Wildman–Crippen MR) is 54.3 cm³/mol. The Bertz CT molecular complexity index is 310. The minimum atomic E-state index is 0.439. The molecule has 0 fully saturated rings. The van der Waals surface area contributed by atoms with Gasteiger partial charge in [0.2, 0.25) is 0 Å². The highest BCUT2D eigenvalue weighted by atomic mass is 16.5. The number of hydrogen-bond donors (Lipinski definition) is 0. The molecule has 13 heavy (non-hydrogen) atoms. The van der Waals surface area contributed by atoms with E-state index in [-0.39, 0.29) is 0 Å². The summed E-state index contributed by atoms with van der Waals surface area (Å²) in [6, 6.07) is 0. The quantitative estimate of drug-likeness (QED) is 0.662. The molecule has 0 saturated carbocycles. The smallest absolute Gasteiger partial charge is 0.162 e. The van der Waals surface area contributed by atoms with Crippen molar-refractivity contribution in [3.8, 4) is 0 Å². The Labute approximate surface area is 78.9 Å². The van der Waals surface area contributed by atoms with Crippen molar-refractivity contribution < 1.29 is 4.52 Å². The molecule has 1 aromatic rings. The van der Waals surface area contributed by atoms with Crippen LogP contribution in [0.1, 0.15) is 25.2 Å². The number of rotatable bonds is 3. The van der Waals surface area contributed by atoms with Crippen molar-refractivity contribution in [2.75, 3.05) is 0 Å². The summed E-state index contributed by atoms with van der Waals surface area (Å²) < 4.78 is 5.03. The van der Waals surface area contributed by atoms with Gasteiger partial charge in [0.1, 0.15) is 0 Å². The van der Waals surface area contributed by atoms with Crippen LogP contribution in [0.2, 0.25) is 0 Å². The van der Waals surface area contributed by atoms with Crippen LogP contribution >= 0.6 is 0 Å². The normalized spacial score (nSPS) is 14.4. The third kappa shape index (κ3) is 2.90. The van der Waals surface area contributed by atoms with Crippen LogP contribution in [0.25, 0.3) is 6.08 Å². The summed E-state index contributed by atoms with van der Waals surface area (Å²) in [6.07, 6.45) is 9.95. The largest absolute Gasteiger partial charge is 0.357 e. The summed E-state index contributed by atoms with van der Waals surface area (Å²) in [6.45, 7) is 6.13. The molecule has 0 aliphatic carbocycles. The molecule has 1 aromatic heterocycles. The molecule has 0 aromatic carbocycles. The highest BCUT2D eigenvalue weighted by molar-refractivity contribution is 5.46. The fraction of sp³-hybridized carbons (Fsp3) is 0.364. The van der Waals surface area contributed by atoms with Crippen LogP contribution in [0.4, 0.5) is 0 Å². The summed E-state index contributed by atoms with van der Waals surface area (Å²) >= 11 is 0. The molecule has 70 valence electrons. The van der Waals surface area contributed by atoms with Gasteiger partial charge in [-0.2, -0.15) is 0 Å². The molecule has 1 unspecified atom stereocenters. The van der Waals surface area contributed by atoms with Crippen LogP contribution in [0, 0.1) is 12.8 Å². The van der Waals surface area contributed by atoms with Gasteiger partial charge in [-0.05, 0) is 25.8 Å². The summed E-state index contributed by atoms with van der Waals surface area (Å²) in [4.78, 5) is 0. The van der Waals surface area contributed by atoms with Crippen LogP contribution in [-0.4, -0.2) is 5.16 Å². The number of aromatic nitrogens is 1. The van der Waals surface area contributed by atoms with Gasteiger partial charge in [-0.1, -0.05) is 30.3 Å². The van der Waals surface area contributed by atoms with Gasteiger partial charge in [0.15, 0.2) is 5.76 Å². The van der Waals surface area contributed by atoms with E-state index in [4.69, 9.17) is 4.52 Å². The van der Waals surface area contributed by atoms with E-state index < -0.39 is 0 Å². The minimum Gasteiger partial charge on any atom is -0.357 e. The first-order valence-corrected chi connectivity index (χ1v) is 4.46. The lowest BCUT2D eigenvalue weighted by atomic mass is 10.1. The van der Waals surface area contributed by atoms with Crippen molar-refractivity contribution >= 4 is 6.08 Å². The van der Waals surface area contributed by atoms with E-state index in [1.807, 2.05) is 26.0 Å². The Morgan fingerprint density at radius 3 is 2.77 bits per heavy atom. The zero-order valence-electron chi connectivity index (χ0n) is 8.32. The van der Waals surface area contributed by atoms with E-state index in [1.54, 1.807) is 6.20 Å². The second kappa shape index (κ2) is 4.65. The van der Waals surface area contributed by atoms with Gasteiger partial charge in [0.05, 0.1) is 6.20 Å². The maximum atomic E-state index is 5.03. The van der Waals surface area contributed by atoms with E-state index >= 15 is 0 Å². The van der Waals surface area contributed by atoms with Gasteiger partial charge < -0.3 is 4.52 Å². The van der Waals surface area contributed by atoms with Crippen molar-refractivity contribution in [1.82, 2.24) is 5.16 Å². The summed E-state index contributed by atoms with van der Waals surface area (Å²) in [5.41, 5.74) is 1.07. The van der Waals surface area contributed by atoms with Crippen molar-refractivity contribution in [2.45, 2.75) is 20.8 Å². The van der Waals surface area contributed by atoms with Gasteiger partial charge in [-0.25, -0.2) is 0 Å². The molecule has 2 nitrogen and oxygen atoms in total. The molecule has 1 rings (SSSR count). The van der Waals surface area contributed by atoms with Crippen LogP contribution in [0.15, 0.2) is 28.9 Å². The van der Waals surface area contributed by atoms with E-state index in [0.717, 1.165) is 11.3 Å². The Morgan fingerprint density at radius 1 is 1.46 bits per heavy atom. The third-order valence-electron chi connectivity index (χ3n) is 1.83. The molecule has 0 aliphatic heterocycles. The van der Waals surface area contributed by atoms with E-state index in [0.29, 0.717) is 5.92 Å². The predicted octanol–water partition coefficient (Wildman–Crippen LogP) is 3.21. The molecule has 1 atom stereocenters. The standard InChI is InChI=1S/C11H15NO/c1-4-5-9(2)6-7-11-10(3)8-12-13-11/h4-9H,1-3H3/b5-4-,7-6-. The zero-order chi connectivity index (χ0) is 9.68. The summed E-state index contributed by atoms with van der Waals surface area (Å²) in [5, 5.41) is 3.70. The maximum Gasteiger partial charge on any atom is 0.162 e. The molecule has 0 N–H and O–H groups in total. The van der Waals surface area contributed by atoms with Gasteiger partial charge >= 0.3 is 0 Å². The van der Waals surface area contributed by atoms with Crippen LogP contribution < -0.4 is 0 Å². The minimum absolute atomic E-state index is 0.439. The van der Waals surface area contributed by atoms with Crippen molar-refractivity contribution in [1.29, 1.82) is 0 Å². The lowest BCUT2D eigenvalue weighted by Gasteiger charge is -1.94. The Balaban J connectivity index is 2.63. The maximum absolute atomic E-state index is 5.03. The van der Waals surface area contributed by atoms with Crippen molar-refractivity contribution in [3.05, 3.63) is 35.7 Å². The molecule has 0 aliphatic rings. The fourth-order valence-corrected chi connectivity index (χ4v) is 1.07. The molecule has 0 radical (unpaired) electrons. The van der Waals surface area contributed by atoms with Crippen LogP contribution in [-0.2, 0) is 0 Å². The molecular formula is C11H15NO.